The lowest BCUT2D eigenvalue weighted by atomic mass is 9.92. The maximum Gasteiger partial charge on any atom is 0.338 e. The van der Waals surface area contributed by atoms with Crippen LogP contribution in [0.5, 0.6) is 0 Å². The van der Waals surface area contributed by atoms with Crippen LogP contribution in [0.3, 0.4) is 0 Å². The Labute approximate surface area is 122 Å². The Kier molecular flexibility index (Phi) is 2.03. The van der Waals surface area contributed by atoms with Crippen LogP contribution in [0, 0.1) is 23.7 Å². The highest BCUT2D eigenvalue weighted by Gasteiger charge is 2.89. The van der Waals surface area contributed by atoms with Gasteiger partial charge in [0.25, 0.3) is 0 Å². The van der Waals surface area contributed by atoms with Crippen molar-refractivity contribution in [3.8, 4) is 0 Å². The molecule has 0 aromatic heterocycles. The van der Waals surface area contributed by atoms with E-state index in [4.69, 9.17) is 4.74 Å². The molecule has 5 atom stereocenters. The van der Waals surface area contributed by atoms with E-state index in [2.05, 4.69) is 0 Å². The number of hydrogen-bond donors (Lipinski definition) is 0. The van der Waals surface area contributed by atoms with Crippen LogP contribution in [-0.2, 0) is 14.8 Å². The highest BCUT2D eigenvalue weighted by Crippen LogP contribution is 2.80. The molecule has 1 aromatic carbocycles. The summed E-state index contributed by atoms with van der Waals surface area (Å²) in [5.74, 6) is 1.21. The molecule has 110 valence electrons. The minimum absolute atomic E-state index is 0.0827. The van der Waals surface area contributed by atoms with Crippen molar-refractivity contribution in [1.82, 2.24) is 4.31 Å². The molecule has 21 heavy (non-hydrogen) atoms. The molecule has 5 aliphatic rings. The topological polar surface area (TPSA) is 63.7 Å². The first kappa shape index (κ1) is 12.2. The molecular formula is C15H15NO4S. The van der Waals surface area contributed by atoms with Crippen LogP contribution in [0.4, 0.5) is 0 Å². The van der Waals surface area contributed by atoms with Crippen LogP contribution in [0.25, 0.3) is 0 Å². The summed E-state index contributed by atoms with van der Waals surface area (Å²) < 4.78 is 30.9. The van der Waals surface area contributed by atoms with Gasteiger partial charge in [0.15, 0.2) is 0 Å². The van der Waals surface area contributed by atoms with Gasteiger partial charge in [-0.05, 0) is 24.0 Å². The number of carbonyl (C=O) groups excluding carboxylic acids is 1. The normalized spacial score (nSPS) is 45.3. The Hall–Kier alpha value is -1.40. The van der Waals surface area contributed by atoms with Gasteiger partial charge in [0.1, 0.15) is 6.10 Å². The number of rotatable bonds is 3. The van der Waals surface area contributed by atoms with Crippen molar-refractivity contribution in [3.05, 3.63) is 35.9 Å². The van der Waals surface area contributed by atoms with E-state index < -0.39 is 10.0 Å². The minimum Gasteiger partial charge on any atom is -0.458 e. The number of nitrogens with zero attached hydrogens (tertiary/aromatic N) is 1. The number of carbonyl (C=O) groups is 1. The molecule has 6 heteroatoms. The zero-order valence-corrected chi connectivity index (χ0v) is 12.2. The molecule has 6 rings (SSSR count). The first-order chi connectivity index (χ1) is 10.00. The van der Waals surface area contributed by atoms with Gasteiger partial charge in [-0.1, -0.05) is 18.2 Å². The lowest BCUT2D eigenvalue weighted by Gasteiger charge is -2.45. The highest BCUT2D eigenvalue weighted by atomic mass is 32.2. The van der Waals surface area contributed by atoms with E-state index in [1.54, 1.807) is 16.4 Å². The second kappa shape index (κ2) is 3.50. The van der Waals surface area contributed by atoms with Crippen molar-refractivity contribution < 1.29 is 17.9 Å². The molecule has 0 radical (unpaired) electrons. The van der Waals surface area contributed by atoms with Crippen molar-refractivity contribution in [2.45, 2.75) is 18.2 Å². The van der Waals surface area contributed by atoms with Gasteiger partial charge in [-0.15, -0.1) is 0 Å². The van der Waals surface area contributed by atoms with Gasteiger partial charge < -0.3 is 4.74 Å². The first-order valence-electron chi connectivity index (χ1n) is 7.25. The molecule has 5 nitrogen and oxygen atoms in total. The van der Waals surface area contributed by atoms with Gasteiger partial charge in [-0.25, -0.2) is 13.2 Å². The summed E-state index contributed by atoms with van der Waals surface area (Å²) in [5.41, 5.74) is 0.562. The third kappa shape index (κ3) is 1.31. The van der Waals surface area contributed by atoms with Gasteiger partial charge in [0.05, 0.1) is 11.8 Å². The standard InChI is InChI=1S/C15H15NO4S/c1-21(18,19)16-12-8-9-10(8)14(11(12)13(9)16)20-15(17)7-5-3-2-4-6-7/h2-6,8-14H,1H3. The van der Waals surface area contributed by atoms with Crippen LogP contribution >= 0.6 is 0 Å². The van der Waals surface area contributed by atoms with Crippen LogP contribution < -0.4 is 0 Å². The van der Waals surface area contributed by atoms with E-state index in [0.717, 1.165) is 0 Å². The molecule has 4 aliphatic carbocycles. The second-order valence-electron chi connectivity index (χ2n) is 6.62. The third-order valence-corrected chi connectivity index (χ3v) is 7.00. The van der Waals surface area contributed by atoms with Crippen molar-refractivity contribution in [2.75, 3.05) is 6.26 Å². The summed E-state index contributed by atoms with van der Waals surface area (Å²) in [6.45, 7) is 0. The Bertz CT molecular complexity index is 728. The monoisotopic (exact) mass is 305 g/mol. The summed E-state index contributed by atoms with van der Waals surface area (Å²) in [6.07, 6.45) is 1.19. The van der Waals surface area contributed by atoms with Crippen molar-refractivity contribution >= 4 is 16.0 Å². The second-order valence-corrected chi connectivity index (χ2v) is 8.51. The van der Waals surface area contributed by atoms with E-state index in [1.165, 1.54) is 6.26 Å². The quantitative estimate of drug-likeness (QED) is 0.772. The fraction of sp³-hybridized carbons (Fsp3) is 0.533. The third-order valence-electron chi connectivity index (χ3n) is 5.75. The molecule has 5 fully saturated rings. The molecule has 4 saturated carbocycles. The van der Waals surface area contributed by atoms with Crippen LogP contribution in [0.15, 0.2) is 30.3 Å². The van der Waals surface area contributed by atoms with E-state index in [-0.39, 0.29) is 30.1 Å². The smallest absolute Gasteiger partial charge is 0.338 e. The summed E-state index contributed by atoms with van der Waals surface area (Å²) in [5, 5.41) is 0. The average Bonchev–Trinajstić information content (AvgIpc) is 2.68. The Morgan fingerprint density at radius 1 is 1.05 bits per heavy atom. The van der Waals surface area contributed by atoms with E-state index in [0.29, 0.717) is 23.3 Å². The number of hydrogen-bond acceptors (Lipinski definition) is 4. The molecule has 6 bridgehead atoms. The van der Waals surface area contributed by atoms with Crippen molar-refractivity contribution in [2.24, 2.45) is 23.7 Å². The highest BCUT2D eigenvalue weighted by molar-refractivity contribution is 7.88. The van der Waals surface area contributed by atoms with Gasteiger partial charge in [0.2, 0.25) is 10.0 Å². The van der Waals surface area contributed by atoms with E-state index in [9.17, 15) is 13.2 Å². The first-order valence-corrected chi connectivity index (χ1v) is 9.09. The number of piperidine rings is 1. The minimum atomic E-state index is -3.12. The number of benzene rings is 1. The van der Waals surface area contributed by atoms with E-state index >= 15 is 0 Å². The van der Waals surface area contributed by atoms with Crippen molar-refractivity contribution in [1.29, 1.82) is 0 Å². The molecular weight excluding hydrogens is 290 g/mol. The zero-order valence-electron chi connectivity index (χ0n) is 11.4. The van der Waals surface area contributed by atoms with Gasteiger partial charge in [-0.3, -0.25) is 0 Å². The fourth-order valence-corrected chi connectivity index (χ4v) is 6.68. The summed E-state index contributed by atoms with van der Waals surface area (Å²) in [7, 11) is -3.12. The molecule has 5 unspecified atom stereocenters. The maximum atomic E-state index is 12.2. The number of ether oxygens (including phenoxy) is 1. The predicted molar refractivity (Wildman–Crippen MR) is 73.9 cm³/mol. The SMILES string of the molecule is CS(=O)(=O)N1C2C3C4C(OC(=O)c5ccccc5)C2C1C43. The maximum absolute atomic E-state index is 12.2. The van der Waals surface area contributed by atoms with Gasteiger partial charge in [-0.2, -0.15) is 4.31 Å². The Morgan fingerprint density at radius 2 is 1.67 bits per heavy atom. The predicted octanol–water partition coefficient (Wildman–Crippen LogP) is 0.730. The van der Waals surface area contributed by atoms with Crippen LogP contribution in [-0.4, -0.2) is 43.1 Å². The van der Waals surface area contributed by atoms with Gasteiger partial charge in [0, 0.05) is 23.9 Å². The van der Waals surface area contributed by atoms with Gasteiger partial charge >= 0.3 is 5.97 Å². The Morgan fingerprint density at radius 3 is 2.24 bits per heavy atom. The van der Waals surface area contributed by atoms with E-state index in [1.807, 2.05) is 18.2 Å². The molecule has 0 amide bonds. The molecule has 1 saturated heterocycles. The molecule has 1 aliphatic heterocycles. The molecule has 1 aromatic rings. The summed E-state index contributed by atoms with van der Waals surface area (Å²) >= 11 is 0. The van der Waals surface area contributed by atoms with Crippen molar-refractivity contribution in [3.63, 3.8) is 0 Å². The molecule has 1 heterocycles. The average molecular weight is 305 g/mol. The lowest BCUT2D eigenvalue weighted by molar-refractivity contribution is -0.00884. The molecule has 0 spiro atoms. The largest absolute Gasteiger partial charge is 0.458 e. The van der Waals surface area contributed by atoms with Crippen LogP contribution in [0.1, 0.15) is 10.4 Å². The summed E-state index contributed by atoms with van der Waals surface area (Å²) in [6, 6.07) is 9.16. The Balaban J connectivity index is 1.37. The summed E-state index contributed by atoms with van der Waals surface area (Å²) in [4.78, 5) is 12.2. The fourth-order valence-electron chi connectivity index (χ4n) is 5.24. The zero-order chi connectivity index (χ0) is 14.5. The number of esters is 1. The van der Waals surface area contributed by atoms with Crippen LogP contribution in [0.2, 0.25) is 0 Å². The number of sulfonamides is 1. The lowest BCUT2D eigenvalue weighted by Crippen LogP contribution is -2.61. The molecule has 0 N–H and O–H groups in total.